The summed E-state index contributed by atoms with van der Waals surface area (Å²) < 4.78 is 0. The Bertz CT molecular complexity index is 532. The van der Waals surface area contributed by atoms with Crippen molar-refractivity contribution in [1.29, 1.82) is 0 Å². The lowest BCUT2D eigenvalue weighted by Gasteiger charge is -2.17. The number of hydrazine groups is 1. The monoisotopic (exact) mass is 278 g/mol. The molecular formula is C13H18N4O3. The molecule has 7 heteroatoms. The first kappa shape index (κ1) is 14.3. The fourth-order valence-electron chi connectivity index (χ4n) is 2.55. The number of carbonyl (C=O) groups is 1. The lowest BCUT2D eigenvalue weighted by Crippen LogP contribution is -2.29. The minimum atomic E-state index is -0.574. The number of nitro benzene ring substituents is 1. The number of likely N-dealkylation sites (tertiary alicyclic amines) is 1. The summed E-state index contributed by atoms with van der Waals surface area (Å²) in [6.07, 6.45) is 1.96. The van der Waals surface area contributed by atoms with Crippen molar-refractivity contribution < 1.29 is 9.72 Å². The van der Waals surface area contributed by atoms with Gasteiger partial charge in [-0.05, 0) is 24.5 Å². The van der Waals surface area contributed by atoms with Crippen LogP contribution in [0, 0.1) is 16.0 Å². The third-order valence-electron chi connectivity index (χ3n) is 3.75. The van der Waals surface area contributed by atoms with Crippen LogP contribution in [0.4, 0.5) is 11.4 Å². The van der Waals surface area contributed by atoms with Crippen molar-refractivity contribution in [2.24, 2.45) is 11.8 Å². The second kappa shape index (κ2) is 5.87. The highest BCUT2D eigenvalue weighted by atomic mass is 16.6. The second-order valence-corrected chi connectivity index (χ2v) is 4.92. The summed E-state index contributed by atoms with van der Waals surface area (Å²) in [5, 5.41) is 11.2. The van der Waals surface area contributed by atoms with Gasteiger partial charge >= 0.3 is 5.69 Å². The van der Waals surface area contributed by atoms with Gasteiger partial charge in [0.15, 0.2) is 0 Å². The molecule has 1 fully saturated rings. The molecule has 1 saturated heterocycles. The summed E-state index contributed by atoms with van der Waals surface area (Å²) in [4.78, 5) is 24.7. The number of rotatable bonds is 4. The first-order valence-electron chi connectivity index (χ1n) is 6.61. The number of nitrogens with one attached hydrogen (secondary N) is 1. The van der Waals surface area contributed by atoms with E-state index in [-0.39, 0.29) is 22.8 Å². The zero-order valence-electron chi connectivity index (χ0n) is 11.3. The van der Waals surface area contributed by atoms with Gasteiger partial charge in [0.25, 0.3) is 5.91 Å². The molecule has 2 rings (SSSR count). The van der Waals surface area contributed by atoms with E-state index in [9.17, 15) is 14.9 Å². The van der Waals surface area contributed by atoms with Crippen LogP contribution in [-0.4, -0.2) is 28.8 Å². The van der Waals surface area contributed by atoms with Gasteiger partial charge in [-0.3, -0.25) is 20.8 Å². The van der Waals surface area contributed by atoms with Gasteiger partial charge in [-0.2, -0.15) is 0 Å². The lowest BCUT2D eigenvalue weighted by atomic mass is 10.1. The van der Waals surface area contributed by atoms with E-state index in [1.165, 1.54) is 12.1 Å². The van der Waals surface area contributed by atoms with Gasteiger partial charge in [0.2, 0.25) is 0 Å². The van der Waals surface area contributed by atoms with Crippen molar-refractivity contribution in [1.82, 2.24) is 4.90 Å². The maximum atomic E-state index is 12.5. The van der Waals surface area contributed by atoms with Crippen molar-refractivity contribution in [2.45, 2.75) is 19.8 Å². The standard InChI is InChI=1S/C13H18N4O3/c1-2-9-6-7-16(8-9)13(18)10-4-3-5-11(15-14)12(10)17(19)20/h3-5,9,15H,2,6-8,14H2,1H3. The third kappa shape index (κ3) is 2.57. The normalized spacial score (nSPS) is 18.1. The summed E-state index contributed by atoms with van der Waals surface area (Å²) >= 11 is 0. The van der Waals surface area contributed by atoms with E-state index in [4.69, 9.17) is 5.84 Å². The van der Waals surface area contributed by atoms with Gasteiger partial charge in [0.05, 0.1) is 4.92 Å². The summed E-state index contributed by atoms with van der Waals surface area (Å²) in [6.45, 7) is 3.39. The molecule has 0 aromatic heterocycles. The average molecular weight is 278 g/mol. The largest absolute Gasteiger partial charge is 0.338 e. The highest BCUT2D eigenvalue weighted by molar-refractivity contribution is 6.00. The fraction of sp³-hybridized carbons (Fsp3) is 0.462. The lowest BCUT2D eigenvalue weighted by molar-refractivity contribution is -0.384. The number of hydrogen-bond donors (Lipinski definition) is 2. The van der Waals surface area contributed by atoms with Crippen LogP contribution in [0.3, 0.4) is 0 Å². The Balaban J connectivity index is 2.33. The van der Waals surface area contributed by atoms with Crippen LogP contribution in [0.5, 0.6) is 0 Å². The Kier molecular flexibility index (Phi) is 4.19. The molecule has 0 saturated carbocycles. The second-order valence-electron chi connectivity index (χ2n) is 4.92. The number of nitrogens with two attached hydrogens (primary N) is 1. The van der Waals surface area contributed by atoms with E-state index in [2.05, 4.69) is 12.3 Å². The van der Waals surface area contributed by atoms with E-state index >= 15 is 0 Å². The molecule has 1 atom stereocenters. The number of benzene rings is 1. The van der Waals surface area contributed by atoms with E-state index in [1.807, 2.05) is 0 Å². The average Bonchev–Trinajstić information content (AvgIpc) is 2.94. The van der Waals surface area contributed by atoms with Crippen molar-refractivity contribution in [3.63, 3.8) is 0 Å². The first-order valence-corrected chi connectivity index (χ1v) is 6.61. The smallest absolute Gasteiger partial charge is 0.306 e. The van der Waals surface area contributed by atoms with E-state index in [0.717, 1.165) is 12.8 Å². The first-order chi connectivity index (χ1) is 9.58. The van der Waals surface area contributed by atoms with Crippen LogP contribution in [0.2, 0.25) is 0 Å². The molecular weight excluding hydrogens is 260 g/mol. The molecule has 1 aromatic carbocycles. The van der Waals surface area contributed by atoms with Crippen LogP contribution >= 0.6 is 0 Å². The zero-order valence-corrected chi connectivity index (χ0v) is 11.3. The number of nitro groups is 1. The van der Waals surface area contributed by atoms with Gasteiger partial charge in [-0.15, -0.1) is 0 Å². The number of hydrogen-bond acceptors (Lipinski definition) is 5. The molecule has 108 valence electrons. The number of anilines is 1. The van der Waals surface area contributed by atoms with E-state index < -0.39 is 4.92 Å². The highest BCUT2D eigenvalue weighted by Crippen LogP contribution is 2.30. The van der Waals surface area contributed by atoms with Gasteiger partial charge in [-0.25, -0.2) is 0 Å². The fourth-order valence-corrected chi connectivity index (χ4v) is 2.55. The number of amides is 1. The Labute approximate surface area is 116 Å². The molecule has 0 radical (unpaired) electrons. The number of nitrogens with zero attached hydrogens (tertiary/aromatic N) is 2. The summed E-state index contributed by atoms with van der Waals surface area (Å²) in [6, 6.07) is 4.54. The Morgan fingerprint density at radius 3 is 2.90 bits per heavy atom. The SMILES string of the molecule is CCC1CCN(C(=O)c2cccc(NN)c2[N+](=O)[O-])C1. The molecule has 0 aliphatic carbocycles. The predicted molar refractivity (Wildman–Crippen MR) is 75.2 cm³/mol. The Morgan fingerprint density at radius 1 is 1.60 bits per heavy atom. The van der Waals surface area contributed by atoms with Gasteiger partial charge in [-0.1, -0.05) is 19.4 Å². The maximum Gasteiger partial charge on any atom is 0.306 e. The molecule has 1 unspecified atom stereocenters. The minimum absolute atomic E-state index is 0.0854. The molecule has 1 aromatic rings. The molecule has 0 spiro atoms. The molecule has 1 heterocycles. The maximum absolute atomic E-state index is 12.5. The van der Waals surface area contributed by atoms with Crippen molar-refractivity contribution in [2.75, 3.05) is 18.5 Å². The zero-order chi connectivity index (χ0) is 14.7. The number of carbonyl (C=O) groups excluding carboxylic acids is 1. The van der Waals surface area contributed by atoms with Crippen LogP contribution < -0.4 is 11.3 Å². The number of nitrogen functional groups attached to an aromatic ring is 1. The molecule has 0 bridgehead atoms. The minimum Gasteiger partial charge on any atom is -0.338 e. The third-order valence-corrected chi connectivity index (χ3v) is 3.75. The van der Waals surface area contributed by atoms with E-state index in [1.54, 1.807) is 11.0 Å². The molecule has 1 amide bonds. The van der Waals surface area contributed by atoms with Crippen LogP contribution in [0.25, 0.3) is 0 Å². The molecule has 7 nitrogen and oxygen atoms in total. The highest BCUT2D eigenvalue weighted by Gasteiger charge is 2.31. The summed E-state index contributed by atoms with van der Waals surface area (Å²) in [5.41, 5.74) is 2.24. The van der Waals surface area contributed by atoms with Crippen molar-refractivity contribution in [3.8, 4) is 0 Å². The van der Waals surface area contributed by atoms with E-state index in [0.29, 0.717) is 19.0 Å². The van der Waals surface area contributed by atoms with Crippen LogP contribution in [-0.2, 0) is 0 Å². The van der Waals surface area contributed by atoms with Crippen molar-refractivity contribution >= 4 is 17.3 Å². The molecule has 3 N–H and O–H groups in total. The van der Waals surface area contributed by atoms with Gasteiger partial charge < -0.3 is 10.3 Å². The van der Waals surface area contributed by atoms with Gasteiger partial charge in [0, 0.05) is 13.1 Å². The van der Waals surface area contributed by atoms with Gasteiger partial charge in [0.1, 0.15) is 11.3 Å². The summed E-state index contributed by atoms with van der Waals surface area (Å²) in [5.74, 6) is 5.45. The topological polar surface area (TPSA) is 102 Å². The van der Waals surface area contributed by atoms with Crippen LogP contribution in [0.1, 0.15) is 30.1 Å². The molecule has 1 aliphatic rings. The Morgan fingerprint density at radius 2 is 2.35 bits per heavy atom. The predicted octanol–water partition coefficient (Wildman–Crippen LogP) is 1.75. The number of para-hydroxylation sites is 1. The quantitative estimate of drug-likeness (QED) is 0.496. The molecule has 20 heavy (non-hydrogen) atoms. The molecule has 1 aliphatic heterocycles. The Hall–Kier alpha value is -2.15. The van der Waals surface area contributed by atoms with Crippen molar-refractivity contribution in [3.05, 3.63) is 33.9 Å². The van der Waals surface area contributed by atoms with Crippen LogP contribution in [0.15, 0.2) is 18.2 Å². The summed E-state index contributed by atoms with van der Waals surface area (Å²) in [7, 11) is 0.